The molecule has 0 unspecified atom stereocenters. The zero-order valence-electron chi connectivity index (χ0n) is 20.7. The number of aryl methyl sites for hydroxylation is 1. The summed E-state index contributed by atoms with van der Waals surface area (Å²) in [6.45, 7) is 10.1. The predicted octanol–water partition coefficient (Wildman–Crippen LogP) is 5.24. The molecule has 178 valence electrons. The summed E-state index contributed by atoms with van der Waals surface area (Å²) in [4.78, 5) is 18.5. The van der Waals surface area contributed by atoms with Crippen LogP contribution in [0.3, 0.4) is 0 Å². The van der Waals surface area contributed by atoms with Gasteiger partial charge >= 0.3 is 0 Å². The van der Waals surface area contributed by atoms with E-state index in [-0.39, 0.29) is 11.8 Å². The largest absolute Gasteiger partial charge is 0.333 e. The molecule has 0 spiro atoms. The van der Waals surface area contributed by atoms with Gasteiger partial charge in [0.1, 0.15) is 0 Å². The number of hydrogen-bond donors (Lipinski definition) is 0. The van der Waals surface area contributed by atoms with E-state index in [9.17, 15) is 4.79 Å². The fourth-order valence-electron chi connectivity index (χ4n) is 5.21. The van der Waals surface area contributed by atoms with Crippen LogP contribution in [0.4, 0.5) is 0 Å². The number of fused-ring (bicyclic) bond motifs is 1. The Hall–Kier alpha value is -2.92. The lowest BCUT2D eigenvalue weighted by Crippen LogP contribution is -2.37. The van der Waals surface area contributed by atoms with Gasteiger partial charge in [-0.25, -0.2) is 4.68 Å². The van der Waals surface area contributed by atoms with Gasteiger partial charge in [-0.05, 0) is 50.4 Å². The fourth-order valence-corrected chi connectivity index (χ4v) is 5.21. The van der Waals surface area contributed by atoms with Crippen molar-refractivity contribution in [1.82, 2.24) is 19.6 Å². The highest BCUT2D eigenvalue weighted by Crippen LogP contribution is 2.34. The zero-order valence-corrected chi connectivity index (χ0v) is 20.7. The topological polar surface area (TPSA) is 41.4 Å². The second kappa shape index (κ2) is 9.75. The van der Waals surface area contributed by atoms with Crippen LogP contribution in [0.2, 0.25) is 0 Å². The maximum atomic E-state index is 13.8. The number of hydrogen-bond acceptors (Lipinski definition) is 3. The average Bonchev–Trinajstić information content (AvgIpc) is 3.65. The van der Waals surface area contributed by atoms with Crippen molar-refractivity contribution in [2.45, 2.75) is 71.5 Å². The molecule has 0 saturated heterocycles. The molecule has 1 fully saturated rings. The van der Waals surface area contributed by atoms with Crippen molar-refractivity contribution in [3.8, 4) is 5.69 Å². The van der Waals surface area contributed by atoms with Gasteiger partial charge in [0.25, 0.3) is 0 Å². The van der Waals surface area contributed by atoms with Crippen LogP contribution < -0.4 is 0 Å². The van der Waals surface area contributed by atoms with Crippen LogP contribution >= 0.6 is 0 Å². The van der Waals surface area contributed by atoms with Crippen molar-refractivity contribution in [3.05, 3.63) is 82.7 Å². The minimum Gasteiger partial charge on any atom is -0.333 e. The van der Waals surface area contributed by atoms with Gasteiger partial charge in [-0.2, -0.15) is 5.10 Å². The fraction of sp³-hybridized carbons (Fsp3) is 0.448. The van der Waals surface area contributed by atoms with Crippen LogP contribution in [-0.2, 0) is 24.3 Å². The molecule has 2 heterocycles. The summed E-state index contributed by atoms with van der Waals surface area (Å²) in [5.41, 5.74) is 7.17. The van der Waals surface area contributed by atoms with Crippen LogP contribution in [0, 0.1) is 6.92 Å². The summed E-state index contributed by atoms with van der Waals surface area (Å²) in [6.07, 6.45) is 3.99. The number of carbonyl (C=O) groups excluding carboxylic acids is 1. The zero-order chi connectivity index (χ0) is 23.7. The van der Waals surface area contributed by atoms with E-state index in [0.29, 0.717) is 12.6 Å². The number of nitrogens with zero attached hydrogens (tertiary/aromatic N) is 4. The molecule has 1 aliphatic heterocycles. The third-order valence-corrected chi connectivity index (χ3v) is 7.44. The summed E-state index contributed by atoms with van der Waals surface area (Å²) in [6, 6.07) is 19.2. The maximum Gasteiger partial charge on any atom is 0.230 e. The first-order chi connectivity index (χ1) is 16.6. The van der Waals surface area contributed by atoms with Crippen LogP contribution in [0.15, 0.2) is 54.6 Å². The molecular formula is C29H36N4O. The Morgan fingerprint density at radius 2 is 1.82 bits per heavy atom. The van der Waals surface area contributed by atoms with Gasteiger partial charge in [0, 0.05) is 31.1 Å². The number of aromatic nitrogens is 2. The van der Waals surface area contributed by atoms with Gasteiger partial charge < -0.3 is 4.90 Å². The molecule has 1 aromatic heterocycles. The van der Waals surface area contributed by atoms with Gasteiger partial charge in [0.05, 0.1) is 29.5 Å². The highest BCUT2D eigenvalue weighted by atomic mass is 16.2. The van der Waals surface area contributed by atoms with E-state index in [0.717, 1.165) is 62.3 Å². The van der Waals surface area contributed by atoms with E-state index in [1.54, 1.807) is 0 Å². The summed E-state index contributed by atoms with van der Waals surface area (Å²) < 4.78 is 2.14. The average molecular weight is 457 g/mol. The van der Waals surface area contributed by atoms with Gasteiger partial charge in [-0.15, -0.1) is 0 Å². The first kappa shape index (κ1) is 22.9. The monoisotopic (exact) mass is 456 g/mol. The minimum absolute atomic E-state index is 0.0936. The molecule has 5 rings (SSSR count). The van der Waals surface area contributed by atoms with E-state index >= 15 is 0 Å². The van der Waals surface area contributed by atoms with Crippen molar-refractivity contribution < 1.29 is 4.79 Å². The van der Waals surface area contributed by atoms with Crippen molar-refractivity contribution in [2.75, 3.05) is 13.1 Å². The molecule has 1 aliphatic carbocycles. The van der Waals surface area contributed by atoms with E-state index in [1.165, 1.54) is 16.8 Å². The first-order valence-corrected chi connectivity index (χ1v) is 12.8. The van der Waals surface area contributed by atoms with Crippen LogP contribution in [0.1, 0.15) is 67.1 Å². The van der Waals surface area contributed by atoms with Gasteiger partial charge in [-0.3, -0.25) is 9.69 Å². The summed E-state index contributed by atoms with van der Waals surface area (Å²) in [5.74, 6) is 0.155. The van der Waals surface area contributed by atoms with E-state index in [2.05, 4.69) is 71.7 Å². The predicted molar refractivity (Wildman–Crippen MR) is 136 cm³/mol. The molecule has 0 bridgehead atoms. The van der Waals surface area contributed by atoms with E-state index in [1.807, 2.05) is 18.2 Å². The molecule has 5 nitrogen and oxygen atoms in total. The van der Waals surface area contributed by atoms with Crippen molar-refractivity contribution >= 4 is 5.91 Å². The maximum absolute atomic E-state index is 13.8. The Kier molecular flexibility index (Phi) is 6.55. The number of carbonyl (C=O) groups is 1. The SMILES string of the molecule is CC[C@H](C(=O)N(Cc1nn(-c2ccc(C)cc2)c2c1CN(CC)CC2)C1CC1)c1ccccc1. The van der Waals surface area contributed by atoms with Crippen LogP contribution in [0.25, 0.3) is 5.69 Å². The number of likely N-dealkylation sites (N-methyl/N-ethyl adjacent to an activating group) is 1. The minimum atomic E-state index is -0.0936. The molecule has 3 aromatic rings. The van der Waals surface area contributed by atoms with Crippen molar-refractivity contribution in [3.63, 3.8) is 0 Å². The Morgan fingerprint density at radius 1 is 1.09 bits per heavy atom. The third kappa shape index (κ3) is 4.54. The van der Waals surface area contributed by atoms with Crippen LogP contribution in [0.5, 0.6) is 0 Å². The molecule has 0 N–H and O–H groups in total. The van der Waals surface area contributed by atoms with Crippen LogP contribution in [-0.4, -0.2) is 44.6 Å². The lowest BCUT2D eigenvalue weighted by Gasteiger charge is -2.29. The quantitative estimate of drug-likeness (QED) is 0.465. The summed E-state index contributed by atoms with van der Waals surface area (Å²) >= 11 is 0. The lowest BCUT2D eigenvalue weighted by atomic mass is 9.94. The Morgan fingerprint density at radius 3 is 2.47 bits per heavy atom. The van der Waals surface area contributed by atoms with Gasteiger partial charge in [-0.1, -0.05) is 61.9 Å². The molecule has 2 aliphatic rings. The molecule has 1 saturated carbocycles. The second-order valence-corrected chi connectivity index (χ2v) is 9.81. The summed E-state index contributed by atoms with van der Waals surface area (Å²) in [7, 11) is 0. The van der Waals surface area contributed by atoms with Gasteiger partial charge in [0.15, 0.2) is 0 Å². The first-order valence-electron chi connectivity index (χ1n) is 12.8. The Bertz CT molecular complexity index is 1130. The smallest absolute Gasteiger partial charge is 0.230 e. The second-order valence-electron chi connectivity index (χ2n) is 9.81. The third-order valence-electron chi connectivity index (χ3n) is 7.44. The lowest BCUT2D eigenvalue weighted by molar-refractivity contribution is -0.134. The number of rotatable bonds is 8. The highest BCUT2D eigenvalue weighted by Gasteiger charge is 2.37. The summed E-state index contributed by atoms with van der Waals surface area (Å²) in [5, 5.41) is 5.15. The molecule has 5 heteroatoms. The molecule has 2 aromatic carbocycles. The van der Waals surface area contributed by atoms with Crippen molar-refractivity contribution in [1.29, 1.82) is 0 Å². The van der Waals surface area contributed by atoms with Gasteiger partial charge in [0.2, 0.25) is 5.91 Å². The highest BCUT2D eigenvalue weighted by molar-refractivity contribution is 5.84. The molecule has 1 amide bonds. The molecule has 0 radical (unpaired) electrons. The molecular weight excluding hydrogens is 420 g/mol. The van der Waals surface area contributed by atoms with E-state index in [4.69, 9.17) is 5.10 Å². The number of benzene rings is 2. The molecule has 1 atom stereocenters. The Balaban J connectivity index is 1.49. The van der Waals surface area contributed by atoms with Crippen molar-refractivity contribution in [2.24, 2.45) is 0 Å². The van der Waals surface area contributed by atoms with E-state index < -0.39 is 0 Å². The molecule has 34 heavy (non-hydrogen) atoms. The standard InChI is InChI=1S/C29H36N4O/c1-4-25(22-9-7-6-8-10-22)29(34)32(23-15-16-23)20-27-26-19-31(5-2)18-17-28(26)33(30-27)24-13-11-21(3)12-14-24/h6-14,23,25H,4-5,15-20H2,1-3H3/t25-/m0/s1. The Labute approximate surface area is 203 Å². The normalized spacial score (nSPS) is 16.8. The number of amides is 1.